The van der Waals surface area contributed by atoms with E-state index < -0.39 is 0 Å². The molecule has 0 spiro atoms. The number of hydrogen-bond donors (Lipinski definition) is 1. The van der Waals surface area contributed by atoms with Crippen molar-refractivity contribution in [3.05, 3.63) is 69.8 Å². The van der Waals surface area contributed by atoms with Gasteiger partial charge in [-0.3, -0.25) is 0 Å². The van der Waals surface area contributed by atoms with E-state index in [0.29, 0.717) is 17.5 Å². The van der Waals surface area contributed by atoms with E-state index in [2.05, 4.69) is 111 Å². The van der Waals surface area contributed by atoms with Gasteiger partial charge in [-0.25, -0.2) is 0 Å². The first-order valence-electron chi connectivity index (χ1n) is 11.7. The molecule has 0 bridgehead atoms. The maximum Gasteiger partial charge on any atom is 0.117 e. The van der Waals surface area contributed by atoms with Gasteiger partial charge in [0.1, 0.15) is 5.71 Å². The Morgan fingerprint density at radius 2 is 1.06 bits per heavy atom. The third-order valence-corrected chi connectivity index (χ3v) is 5.81. The van der Waals surface area contributed by atoms with E-state index in [-0.39, 0.29) is 10.8 Å². The van der Waals surface area contributed by atoms with Gasteiger partial charge >= 0.3 is 0 Å². The molecule has 170 valence electrons. The highest BCUT2D eigenvalue weighted by Crippen LogP contribution is 2.31. The molecule has 1 N–H and O–H groups in total. The van der Waals surface area contributed by atoms with Crippen molar-refractivity contribution in [3.8, 4) is 0 Å². The van der Waals surface area contributed by atoms with E-state index in [1.54, 1.807) is 0 Å². The molecule has 0 fully saturated rings. The highest BCUT2D eigenvalue weighted by molar-refractivity contribution is 6.14. The van der Waals surface area contributed by atoms with Crippen LogP contribution in [0.25, 0.3) is 0 Å². The molecule has 0 amide bonds. The van der Waals surface area contributed by atoms with Crippen molar-refractivity contribution in [1.82, 2.24) is 0 Å². The molecule has 2 nitrogen and oxygen atoms in total. The minimum absolute atomic E-state index is 0.0813. The van der Waals surface area contributed by atoms with E-state index in [0.717, 1.165) is 24.0 Å². The maximum atomic E-state index is 10.2. The second-order valence-electron chi connectivity index (χ2n) is 11.9. The summed E-state index contributed by atoms with van der Waals surface area (Å²) in [7, 11) is 0. The standard InChI is InChI=1S/C29H43NO/c1-19(2)15-21-17-23(28(5,6)7)11-13-25(21)27(30-31)26-14-12-24(29(8,9)10)18-22(26)16-20(3)4/h11-14,17-20,31H,15-16H2,1-10H3. The van der Waals surface area contributed by atoms with Crippen LogP contribution < -0.4 is 0 Å². The first kappa shape index (κ1) is 25.2. The predicted molar refractivity (Wildman–Crippen MR) is 135 cm³/mol. The van der Waals surface area contributed by atoms with E-state index in [1.165, 1.54) is 22.3 Å². The molecule has 0 aliphatic heterocycles. The van der Waals surface area contributed by atoms with Gasteiger partial charge in [0, 0.05) is 11.1 Å². The molecule has 2 rings (SSSR count). The van der Waals surface area contributed by atoms with E-state index >= 15 is 0 Å². The van der Waals surface area contributed by atoms with Crippen LogP contribution in [0, 0.1) is 11.8 Å². The molecule has 2 aromatic rings. The van der Waals surface area contributed by atoms with Gasteiger partial charge in [-0.15, -0.1) is 0 Å². The molecule has 2 heteroatoms. The van der Waals surface area contributed by atoms with Gasteiger partial charge in [-0.05, 0) is 57.8 Å². The first-order valence-corrected chi connectivity index (χ1v) is 11.7. The van der Waals surface area contributed by atoms with Crippen LogP contribution in [0.1, 0.15) is 103 Å². The van der Waals surface area contributed by atoms with Gasteiger partial charge in [0.15, 0.2) is 0 Å². The van der Waals surface area contributed by atoms with Gasteiger partial charge < -0.3 is 5.21 Å². The van der Waals surface area contributed by atoms with Crippen molar-refractivity contribution in [2.45, 2.75) is 92.9 Å². The molecule has 2 aromatic carbocycles. The van der Waals surface area contributed by atoms with E-state index in [9.17, 15) is 5.21 Å². The van der Waals surface area contributed by atoms with Crippen molar-refractivity contribution in [1.29, 1.82) is 0 Å². The summed E-state index contributed by atoms with van der Waals surface area (Å²) in [5, 5.41) is 14.1. The normalized spacial score (nSPS) is 12.5. The number of benzene rings is 2. The lowest BCUT2D eigenvalue weighted by Gasteiger charge is -2.24. The van der Waals surface area contributed by atoms with E-state index in [4.69, 9.17) is 0 Å². The van der Waals surface area contributed by atoms with Crippen LogP contribution in [0.5, 0.6) is 0 Å². The molecule has 0 atom stereocenters. The molecule has 0 heterocycles. The number of oxime groups is 1. The van der Waals surface area contributed by atoms with Gasteiger partial charge in [-0.1, -0.05) is 111 Å². The van der Waals surface area contributed by atoms with Crippen LogP contribution in [0.4, 0.5) is 0 Å². The largest absolute Gasteiger partial charge is 0.410 e. The van der Waals surface area contributed by atoms with Crippen LogP contribution in [-0.4, -0.2) is 10.9 Å². The van der Waals surface area contributed by atoms with Crippen LogP contribution in [0.2, 0.25) is 0 Å². The monoisotopic (exact) mass is 421 g/mol. The average molecular weight is 422 g/mol. The number of rotatable bonds is 6. The summed E-state index contributed by atoms with van der Waals surface area (Å²) in [6.45, 7) is 22.4. The maximum absolute atomic E-state index is 10.2. The van der Waals surface area contributed by atoms with Crippen molar-refractivity contribution >= 4 is 5.71 Å². The topological polar surface area (TPSA) is 32.6 Å². The van der Waals surface area contributed by atoms with Gasteiger partial charge in [0.25, 0.3) is 0 Å². The third-order valence-electron chi connectivity index (χ3n) is 5.81. The molecule has 0 aliphatic rings. The Kier molecular flexibility index (Phi) is 7.79. The molecule has 0 unspecified atom stereocenters. The molecule has 0 saturated carbocycles. The van der Waals surface area contributed by atoms with Crippen molar-refractivity contribution in [2.24, 2.45) is 17.0 Å². The molecule has 31 heavy (non-hydrogen) atoms. The van der Waals surface area contributed by atoms with Crippen molar-refractivity contribution in [2.75, 3.05) is 0 Å². The summed E-state index contributed by atoms with van der Waals surface area (Å²) in [5.41, 5.74) is 8.07. The molecule has 0 radical (unpaired) electrons. The smallest absolute Gasteiger partial charge is 0.117 e. The second kappa shape index (κ2) is 9.59. The van der Waals surface area contributed by atoms with E-state index in [1.807, 2.05) is 0 Å². The summed E-state index contributed by atoms with van der Waals surface area (Å²) in [6.07, 6.45) is 1.91. The quantitative estimate of drug-likeness (QED) is 0.287. The minimum atomic E-state index is 0.0813. The SMILES string of the molecule is CC(C)Cc1cc(C(C)(C)C)ccc1C(=NO)c1ccc(C(C)(C)C)cc1CC(C)C. The fourth-order valence-electron chi connectivity index (χ4n) is 4.05. The van der Waals surface area contributed by atoms with Crippen LogP contribution >= 0.6 is 0 Å². The molecule has 0 aliphatic carbocycles. The predicted octanol–water partition coefficient (Wildman–Crippen LogP) is 7.91. The summed E-state index contributed by atoms with van der Waals surface area (Å²) in [4.78, 5) is 0. The highest BCUT2D eigenvalue weighted by Gasteiger charge is 2.22. The second-order valence-corrected chi connectivity index (χ2v) is 11.9. The van der Waals surface area contributed by atoms with Crippen LogP contribution in [-0.2, 0) is 23.7 Å². The zero-order valence-electron chi connectivity index (χ0n) is 21.4. The Morgan fingerprint density at radius 1 is 0.710 bits per heavy atom. The Labute approximate surface area is 190 Å². The van der Waals surface area contributed by atoms with Gasteiger partial charge in [0.05, 0.1) is 0 Å². The first-order chi connectivity index (χ1) is 14.2. The summed E-state index contributed by atoms with van der Waals surface area (Å²) >= 11 is 0. The van der Waals surface area contributed by atoms with Crippen molar-refractivity contribution < 1.29 is 5.21 Å². The number of nitrogens with zero attached hydrogens (tertiary/aromatic N) is 1. The third kappa shape index (κ3) is 6.45. The summed E-state index contributed by atoms with van der Waals surface area (Å²) < 4.78 is 0. The van der Waals surface area contributed by atoms with Crippen molar-refractivity contribution in [3.63, 3.8) is 0 Å². The molecular formula is C29H43NO. The number of hydrogen-bond acceptors (Lipinski definition) is 2. The lowest BCUT2D eigenvalue weighted by molar-refractivity contribution is 0.319. The van der Waals surface area contributed by atoms with Crippen LogP contribution in [0.15, 0.2) is 41.6 Å². The Balaban J connectivity index is 2.70. The fourth-order valence-corrected chi connectivity index (χ4v) is 4.05. The lowest BCUT2D eigenvalue weighted by atomic mass is 9.80. The average Bonchev–Trinajstić information content (AvgIpc) is 2.61. The van der Waals surface area contributed by atoms with Crippen LogP contribution in [0.3, 0.4) is 0 Å². The fraction of sp³-hybridized carbons (Fsp3) is 0.552. The Bertz CT molecular complexity index is 847. The minimum Gasteiger partial charge on any atom is -0.410 e. The Morgan fingerprint density at radius 3 is 1.32 bits per heavy atom. The molecule has 0 aromatic heterocycles. The molecular weight excluding hydrogens is 378 g/mol. The highest BCUT2D eigenvalue weighted by atomic mass is 16.4. The summed E-state index contributed by atoms with van der Waals surface area (Å²) in [5.74, 6) is 1.04. The Hall–Kier alpha value is -2.09. The molecule has 0 saturated heterocycles. The summed E-state index contributed by atoms with van der Waals surface area (Å²) in [6, 6.07) is 13.3. The van der Waals surface area contributed by atoms with Gasteiger partial charge in [0.2, 0.25) is 0 Å². The van der Waals surface area contributed by atoms with Gasteiger partial charge in [-0.2, -0.15) is 0 Å². The lowest BCUT2D eigenvalue weighted by Crippen LogP contribution is -2.17. The zero-order chi connectivity index (χ0) is 23.6. The zero-order valence-corrected chi connectivity index (χ0v) is 21.4.